The smallest absolute Gasteiger partial charge is 0.305 e. The van der Waals surface area contributed by atoms with Crippen LogP contribution < -0.4 is 0 Å². The molecule has 4 heteroatoms. The lowest BCUT2D eigenvalue weighted by Crippen LogP contribution is -2.34. The first kappa shape index (κ1) is 16.0. The second-order valence-corrected chi connectivity index (χ2v) is 6.94. The highest BCUT2D eigenvalue weighted by Gasteiger charge is 2.33. The van der Waals surface area contributed by atoms with Gasteiger partial charge in [-0.05, 0) is 36.5 Å². The van der Waals surface area contributed by atoms with Gasteiger partial charge >= 0.3 is 5.97 Å². The topological polar surface area (TPSA) is 57.6 Å². The fraction of sp³-hybridized carbons (Fsp3) is 0.867. The van der Waals surface area contributed by atoms with Crippen molar-refractivity contribution in [2.45, 2.75) is 52.9 Å². The van der Waals surface area contributed by atoms with Crippen LogP contribution in [0.4, 0.5) is 0 Å². The standard InChI is InChI=1S/C15H27NO3/c1-11-7-12(10-15(2,3)9-11)8-13(17)16(4)6-5-14(18)19/h11-12H,5-10H2,1-4H3,(H,18,19). The largest absolute Gasteiger partial charge is 0.481 e. The first-order valence-electron chi connectivity index (χ1n) is 7.15. The zero-order valence-corrected chi connectivity index (χ0v) is 12.6. The first-order valence-corrected chi connectivity index (χ1v) is 7.15. The van der Waals surface area contributed by atoms with E-state index in [-0.39, 0.29) is 12.3 Å². The Morgan fingerprint density at radius 2 is 1.95 bits per heavy atom. The van der Waals surface area contributed by atoms with E-state index < -0.39 is 5.97 Å². The Morgan fingerprint density at radius 3 is 2.47 bits per heavy atom. The summed E-state index contributed by atoms with van der Waals surface area (Å²) >= 11 is 0. The van der Waals surface area contributed by atoms with Crippen LogP contribution in [-0.4, -0.2) is 35.5 Å². The van der Waals surface area contributed by atoms with Crippen LogP contribution in [0.1, 0.15) is 52.9 Å². The monoisotopic (exact) mass is 269 g/mol. The molecule has 0 spiro atoms. The third kappa shape index (κ3) is 5.62. The average molecular weight is 269 g/mol. The van der Waals surface area contributed by atoms with E-state index >= 15 is 0 Å². The van der Waals surface area contributed by atoms with Crippen molar-refractivity contribution in [3.8, 4) is 0 Å². The van der Waals surface area contributed by atoms with Crippen molar-refractivity contribution >= 4 is 11.9 Å². The SMILES string of the molecule is CC1CC(CC(=O)N(C)CCC(=O)O)CC(C)(C)C1. The summed E-state index contributed by atoms with van der Waals surface area (Å²) < 4.78 is 0. The molecule has 0 aliphatic heterocycles. The van der Waals surface area contributed by atoms with Crippen molar-refractivity contribution in [3.05, 3.63) is 0 Å². The summed E-state index contributed by atoms with van der Waals surface area (Å²) in [6.07, 6.45) is 4.02. The van der Waals surface area contributed by atoms with Crippen molar-refractivity contribution in [1.82, 2.24) is 4.90 Å². The average Bonchev–Trinajstić information content (AvgIpc) is 2.22. The minimum Gasteiger partial charge on any atom is -0.481 e. The molecule has 1 amide bonds. The highest BCUT2D eigenvalue weighted by atomic mass is 16.4. The second-order valence-electron chi connectivity index (χ2n) is 6.94. The highest BCUT2D eigenvalue weighted by molar-refractivity contribution is 5.77. The Balaban J connectivity index is 2.45. The number of carboxylic acids is 1. The molecule has 0 aromatic rings. The zero-order valence-electron chi connectivity index (χ0n) is 12.6. The van der Waals surface area contributed by atoms with Crippen LogP contribution in [0.3, 0.4) is 0 Å². The number of nitrogens with zero attached hydrogens (tertiary/aromatic N) is 1. The summed E-state index contributed by atoms with van der Waals surface area (Å²) in [5, 5.41) is 8.63. The lowest BCUT2D eigenvalue weighted by Gasteiger charge is -2.39. The van der Waals surface area contributed by atoms with Gasteiger partial charge in [0.05, 0.1) is 6.42 Å². The Morgan fingerprint density at radius 1 is 1.32 bits per heavy atom. The van der Waals surface area contributed by atoms with Gasteiger partial charge in [-0.2, -0.15) is 0 Å². The molecule has 0 radical (unpaired) electrons. The van der Waals surface area contributed by atoms with Crippen LogP contribution >= 0.6 is 0 Å². The molecule has 0 bridgehead atoms. The summed E-state index contributed by atoms with van der Waals surface area (Å²) in [6.45, 7) is 7.11. The Kier molecular flexibility index (Phi) is 5.39. The minimum absolute atomic E-state index is 0.0226. The maximum Gasteiger partial charge on any atom is 0.305 e. The van der Waals surface area contributed by atoms with E-state index in [1.54, 1.807) is 11.9 Å². The van der Waals surface area contributed by atoms with Crippen molar-refractivity contribution in [2.24, 2.45) is 17.3 Å². The lowest BCUT2D eigenvalue weighted by atomic mass is 9.67. The molecule has 1 aliphatic rings. The van der Waals surface area contributed by atoms with E-state index in [2.05, 4.69) is 20.8 Å². The molecule has 1 fully saturated rings. The predicted octanol–water partition coefficient (Wildman–Crippen LogP) is 2.77. The van der Waals surface area contributed by atoms with Crippen molar-refractivity contribution in [1.29, 1.82) is 0 Å². The van der Waals surface area contributed by atoms with Gasteiger partial charge in [-0.15, -0.1) is 0 Å². The molecule has 110 valence electrons. The predicted molar refractivity (Wildman–Crippen MR) is 74.8 cm³/mol. The van der Waals surface area contributed by atoms with Crippen LogP contribution in [0.25, 0.3) is 0 Å². The second kappa shape index (κ2) is 6.40. The van der Waals surface area contributed by atoms with Crippen LogP contribution in [0.15, 0.2) is 0 Å². The van der Waals surface area contributed by atoms with Gasteiger partial charge in [0.15, 0.2) is 0 Å². The summed E-state index contributed by atoms with van der Waals surface area (Å²) in [5.74, 6) is 0.340. The molecule has 4 nitrogen and oxygen atoms in total. The molecular formula is C15H27NO3. The van der Waals surface area contributed by atoms with Crippen LogP contribution in [0.5, 0.6) is 0 Å². The third-order valence-corrected chi connectivity index (χ3v) is 4.03. The first-order chi connectivity index (χ1) is 8.69. The van der Waals surface area contributed by atoms with Crippen LogP contribution in [-0.2, 0) is 9.59 Å². The fourth-order valence-corrected chi connectivity index (χ4v) is 3.49. The van der Waals surface area contributed by atoms with E-state index in [9.17, 15) is 9.59 Å². The molecule has 0 saturated heterocycles. The lowest BCUT2D eigenvalue weighted by molar-refractivity contribution is -0.138. The number of carbonyl (C=O) groups is 2. The summed E-state index contributed by atoms with van der Waals surface area (Å²) in [4.78, 5) is 24.1. The maximum atomic E-state index is 12.1. The summed E-state index contributed by atoms with van der Waals surface area (Å²) in [5.41, 5.74) is 0.322. The molecule has 1 rings (SSSR count). The molecule has 1 aliphatic carbocycles. The van der Waals surface area contributed by atoms with Gasteiger partial charge < -0.3 is 10.0 Å². The summed E-state index contributed by atoms with van der Waals surface area (Å²) in [7, 11) is 1.70. The number of amides is 1. The van der Waals surface area contributed by atoms with Crippen molar-refractivity contribution in [2.75, 3.05) is 13.6 Å². The molecule has 19 heavy (non-hydrogen) atoms. The Hall–Kier alpha value is -1.06. The number of rotatable bonds is 5. The number of hydrogen-bond acceptors (Lipinski definition) is 2. The van der Waals surface area contributed by atoms with Crippen molar-refractivity contribution in [3.63, 3.8) is 0 Å². The van der Waals surface area contributed by atoms with Crippen molar-refractivity contribution < 1.29 is 14.7 Å². The van der Waals surface area contributed by atoms with Gasteiger partial charge in [-0.3, -0.25) is 9.59 Å². The van der Waals surface area contributed by atoms with Gasteiger partial charge in [0.2, 0.25) is 5.91 Å². The Bertz CT molecular complexity index is 338. The molecular weight excluding hydrogens is 242 g/mol. The van der Waals surface area contributed by atoms with Gasteiger partial charge in [0.1, 0.15) is 0 Å². The third-order valence-electron chi connectivity index (χ3n) is 4.03. The normalized spacial score (nSPS) is 25.9. The highest BCUT2D eigenvalue weighted by Crippen LogP contribution is 2.42. The van der Waals surface area contributed by atoms with Gasteiger partial charge in [-0.1, -0.05) is 20.8 Å². The number of hydrogen-bond donors (Lipinski definition) is 1. The van der Waals surface area contributed by atoms with E-state index in [0.29, 0.717) is 30.2 Å². The van der Waals surface area contributed by atoms with E-state index in [4.69, 9.17) is 5.11 Å². The molecule has 0 aromatic heterocycles. The van der Waals surface area contributed by atoms with Crippen LogP contribution in [0, 0.1) is 17.3 Å². The Labute approximate surface area is 116 Å². The number of carbonyl (C=O) groups excluding carboxylic acids is 1. The number of carboxylic acid groups (broad SMARTS) is 1. The molecule has 1 saturated carbocycles. The van der Waals surface area contributed by atoms with Gasteiger partial charge in [0, 0.05) is 20.0 Å². The van der Waals surface area contributed by atoms with Crippen LogP contribution in [0.2, 0.25) is 0 Å². The molecule has 1 N–H and O–H groups in total. The zero-order chi connectivity index (χ0) is 14.6. The summed E-state index contributed by atoms with van der Waals surface area (Å²) in [6, 6.07) is 0. The van der Waals surface area contributed by atoms with E-state index in [1.807, 2.05) is 0 Å². The fourth-order valence-electron chi connectivity index (χ4n) is 3.49. The molecule has 0 heterocycles. The van der Waals surface area contributed by atoms with E-state index in [1.165, 1.54) is 6.42 Å². The number of aliphatic carboxylic acids is 1. The maximum absolute atomic E-state index is 12.1. The molecule has 2 unspecified atom stereocenters. The van der Waals surface area contributed by atoms with E-state index in [0.717, 1.165) is 12.8 Å². The van der Waals surface area contributed by atoms with Gasteiger partial charge in [-0.25, -0.2) is 0 Å². The minimum atomic E-state index is -0.855. The quantitative estimate of drug-likeness (QED) is 0.835. The molecule has 0 aromatic carbocycles. The molecule has 2 atom stereocenters. The van der Waals surface area contributed by atoms with Gasteiger partial charge in [0.25, 0.3) is 0 Å².